The molecule has 2 aromatic rings. The van der Waals surface area contributed by atoms with Crippen molar-refractivity contribution in [3.63, 3.8) is 0 Å². The van der Waals surface area contributed by atoms with Crippen LogP contribution in [0.1, 0.15) is 29.3 Å². The van der Waals surface area contributed by atoms with E-state index in [-0.39, 0.29) is 5.78 Å². The molecule has 0 saturated carbocycles. The summed E-state index contributed by atoms with van der Waals surface area (Å²) in [6, 6.07) is 7.90. The Kier molecular flexibility index (Phi) is 4.59. The minimum absolute atomic E-state index is 0.138. The van der Waals surface area contributed by atoms with Crippen molar-refractivity contribution in [2.75, 3.05) is 5.75 Å². The highest BCUT2D eigenvalue weighted by atomic mass is 32.2. The molecule has 0 unspecified atom stereocenters. The summed E-state index contributed by atoms with van der Waals surface area (Å²) in [5.41, 5.74) is 2.06. The zero-order chi connectivity index (χ0) is 12.8. The summed E-state index contributed by atoms with van der Waals surface area (Å²) in [6.07, 6.45) is 5.63. The molecule has 0 bridgehead atoms. The molecule has 3 nitrogen and oxygen atoms in total. The summed E-state index contributed by atoms with van der Waals surface area (Å²) >= 11 is 1.43. The van der Waals surface area contributed by atoms with Crippen molar-refractivity contribution in [2.45, 2.75) is 24.9 Å². The zero-order valence-electron chi connectivity index (χ0n) is 10.3. The Morgan fingerprint density at radius 3 is 2.72 bits per heavy atom. The molecule has 0 spiro atoms. The lowest BCUT2D eigenvalue weighted by Crippen LogP contribution is -2.02. The minimum atomic E-state index is 0.138. The highest BCUT2D eigenvalue weighted by molar-refractivity contribution is 7.99. The predicted octanol–water partition coefficient (Wildman–Crippen LogP) is 3.34. The Morgan fingerprint density at radius 1 is 1.33 bits per heavy atom. The first-order valence-corrected chi connectivity index (χ1v) is 7.02. The van der Waals surface area contributed by atoms with Crippen LogP contribution in [-0.4, -0.2) is 21.5 Å². The molecule has 0 aliphatic rings. The van der Waals surface area contributed by atoms with Gasteiger partial charge in [-0.2, -0.15) is 0 Å². The number of nitrogens with one attached hydrogen (secondary N) is 1. The van der Waals surface area contributed by atoms with Gasteiger partial charge in [-0.15, -0.1) is 0 Å². The third-order valence-corrected chi connectivity index (χ3v) is 3.53. The van der Waals surface area contributed by atoms with Gasteiger partial charge in [0.1, 0.15) is 0 Å². The van der Waals surface area contributed by atoms with Crippen LogP contribution in [0.25, 0.3) is 0 Å². The second kappa shape index (κ2) is 6.40. The number of nitrogens with zero attached hydrogens (tertiary/aromatic N) is 1. The fourth-order valence-corrected chi connectivity index (χ4v) is 2.41. The quantitative estimate of drug-likeness (QED) is 0.640. The van der Waals surface area contributed by atoms with Crippen LogP contribution in [-0.2, 0) is 6.42 Å². The van der Waals surface area contributed by atoms with Crippen LogP contribution in [0.3, 0.4) is 0 Å². The molecule has 2 rings (SSSR count). The smallest absolute Gasteiger partial charge is 0.173 e. The van der Waals surface area contributed by atoms with E-state index in [4.69, 9.17) is 0 Å². The maximum Gasteiger partial charge on any atom is 0.173 e. The van der Waals surface area contributed by atoms with Crippen LogP contribution in [0, 0.1) is 0 Å². The molecular weight excluding hydrogens is 244 g/mol. The molecule has 0 amide bonds. The molecule has 1 aromatic heterocycles. The van der Waals surface area contributed by atoms with Crippen molar-refractivity contribution in [3.05, 3.63) is 47.8 Å². The van der Waals surface area contributed by atoms with Crippen LogP contribution in [0.5, 0.6) is 0 Å². The lowest BCUT2D eigenvalue weighted by Gasteiger charge is -2.02. The first-order chi connectivity index (χ1) is 8.79. The second-order valence-corrected chi connectivity index (χ2v) is 5.02. The largest absolute Gasteiger partial charge is 0.340 e. The number of carbonyl (C=O) groups excluding carboxylic acids is 1. The standard InChI is InChI=1S/C14H16N2OS/c1-2-3-11-4-6-12(7-5-11)13(17)10-18-14-15-8-9-16-14/h4-9H,2-3,10H2,1H3,(H,15,16). The van der Waals surface area contributed by atoms with Gasteiger partial charge in [0.25, 0.3) is 0 Å². The number of hydrogen-bond acceptors (Lipinski definition) is 3. The van der Waals surface area contributed by atoms with Crippen molar-refractivity contribution in [2.24, 2.45) is 0 Å². The zero-order valence-corrected chi connectivity index (χ0v) is 11.2. The van der Waals surface area contributed by atoms with Crippen LogP contribution in [0.15, 0.2) is 41.8 Å². The molecule has 1 N–H and O–H groups in total. The van der Waals surface area contributed by atoms with E-state index in [0.29, 0.717) is 5.75 Å². The molecule has 94 valence electrons. The maximum atomic E-state index is 11.9. The van der Waals surface area contributed by atoms with Crippen molar-refractivity contribution < 1.29 is 4.79 Å². The van der Waals surface area contributed by atoms with Crippen molar-refractivity contribution in [3.8, 4) is 0 Å². The summed E-state index contributed by atoms with van der Waals surface area (Å²) in [6.45, 7) is 2.15. The molecule has 0 saturated heterocycles. The number of aromatic amines is 1. The Bertz CT molecular complexity index is 491. The first kappa shape index (κ1) is 12.9. The van der Waals surface area contributed by atoms with Gasteiger partial charge in [0.05, 0.1) is 5.75 Å². The molecule has 4 heteroatoms. The van der Waals surface area contributed by atoms with Crippen LogP contribution in [0.2, 0.25) is 0 Å². The van der Waals surface area contributed by atoms with Crippen LogP contribution < -0.4 is 0 Å². The molecular formula is C14H16N2OS. The second-order valence-electron chi connectivity index (χ2n) is 4.05. The van der Waals surface area contributed by atoms with E-state index < -0.39 is 0 Å². The number of aryl methyl sites for hydroxylation is 1. The van der Waals surface area contributed by atoms with Crippen molar-refractivity contribution in [1.29, 1.82) is 0 Å². The normalized spacial score (nSPS) is 10.5. The molecule has 1 heterocycles. The number of rotatable bonds is 6. The number of H-pyrrole nitrogens is 1. The van der Waals surface area contributed by atoms with Crippen molar-refractivity contribution >= 4 is 17.5 Å². The summed E-state index contributed by atoms with van der Waals surface area (Å²) < 4.78 is 0. The van der Waals surface area contributed by atoms with Gasteiger partial charge in [0.2, 0.25) is 0 Å². The number of aromatic nitrogens is 2. The highest BCUT2D eigenvalue weighted by Crippen LogP contribution is 2.15. The molecule has 0 radical (unpaired) electrons. The molecule has 18 heavy (non-hydrogen) atoms. The van der Waals surface area contributed by atoms with E-state index in [0.717, 1.165) is 23.6 Å². The summed E-state index contributed by atoms with van der Waals surface area (Å²) in [5.74, 6) is 0.556. The van der Waals surface area contributed by atoms with E-state index in [9.17, 15) is 4.79 Å². The predicted molar refractivity (Wildman–Crippen MR) is 74.1 cm³/mol. The van der Waals surface area contributed by atoms with E-state index >= 15 is 0 Å². The summed E-state index contributed by atoms with van der Waals surface area (Å²) in [4.78, 5) is 19.0. The molecule has 0 aliphatic heterocycles. The molecule has 0 aliphatic carbocycles. The van der Waals surface area contributed by atoms with Crippen LogP contribution in [0.4, 0.5) is 0 Å². The number of thioether (sulfide) groups is 1. The van der Waals surface area contributed by atoms with Gasteiger partial charge in [-0.25, -0.2) is 4.98 Å². The van der Waals surface area contributed by atoms with Gasteiger partial charge in [0.15, 0.2) is 10.9 Å². The monoisotopic (exact) mass is 260 g/mol. The fraction of sp³-hybridized carbons (Fsp3) is 0.286. The highest BCUT2D eigenvalue weighted by Gasteiger charge is 2.07. The Hall–Kier alpha value is -1.55. The Balaban J connectivity index is 1.92. The number of ketones is 1. The SMILES string of the molecule is CCCc1ccc(C(=O)CSc2ncc[nH]2)cc1. The summed E-state index contributed by atoms with van der Waals surface area (Å²) in [7, 11) is 0. The van der Waals surface area contributed by atoms with Gasteiger partial charge in [-0.3, -0.25) is 4.79 Å². The minimum Gasteiger partial charge on any atom is -0.340 e. The van der Waals surface area contributed by atoms with Gasteiger partial charge in [-0.1, -0.05) is 49.4 Å². The third-order valence-electron chi connectivity index (χ3n) is 2.63. The average molecular weight is 260 g/mol. The number of benzene rings is 1. The van der Waals surface area contributed by atoms with Gasteiger partial charge < -0.3 is 4.98 Å². The number of carbonyl (C=O) groups is 1. The molecule has 1 aromatic carbocycles. The van der Waals surface area contributed by atoms with E-state index in [2.05, 4.69) is 16.9 Å². The van der Waals surface area contributed by atoms with E-state index in [1.807, 2.05) is 24.3 Å². The number of hydrogen-bond donors (Lipinski definition) is 1. The van der Waals surface area contributed by atoms with Crippen molar-refractivity contribution in [1.82, 2.24) is 9.97 Å². The Labute approximate surface area is 111 Å². The van der Waals surface area contributed by atoms with Gasteiger partial charge in [0, 0.05) is 18.0 Å². The summed E-state index contributed by atoms with van der Waals surface area (Å²) in [5, 5.41) is 0.783. The maximum absolute atomic E-state index is 11.9. The van der Waals surface area contributed by atoms with Gasteiger partial charge in [-0.05, 0) is 12.0 Å². The molecule has 0 fully saturated rings. The van der Waals surface area contributed by atoms with Gasteiger partial charge >= 0.3 is 0 Å². The van der Waals surface area contributed by atoms with E-state index in [1.54, 1.807) is 12.4 Å². The Morgan fingerprint density at radius 2 is 2.11 bits per heavy atom. The van der Waals surface area contributed by atoms with Crippen LogP contribution >= 0.6 is 11.8 Å². The number of Topliss-reactive ketones (excluding diaryl/α,β-unsaturated/α-hetero) is 1. The topological polar surface area (TPSA) is 45.8 Å². The third kappa shape index (κ3) is 3.47. The van der Waals surface area contributed by atoms with E-state index in [1.165, 1.54) is 17.3 Å². The number of imidazole rings is 1. The lowest BCUT2D eigenvalue weighted by molar-refractivity contribution is 0.102. The fourth-order valence-electron chi connectivity index (χ4n) is 1.69. The molecule has 0 atom stereocenters. The lowest BCUT2D eigenvalue weighted by atomic mass is 10.1. The first-order valence-electron chi connectivity index (χ1n) is 6.04. The average Bonchev–Trinajstić information content (AvgIpc) is 2.90.